The molecule has 0 fully saturated rings. The molecule has 0 radical (unpaired) electrons. The van der Waals surface area contributed by atoms with Crippen LogP contribution in [0.5, 0.6) is 17.2 Å². The molecular weight excluding hydrogens is 496 g/mol. The van der Waals surface area contributed by atoms with Gasteiger partial charge in [-0.05, 0) is 66.9 Å². The van der Waals surface area contributed by atoms with Gasteiger partial charge in [-0.15, -0.1) is 0 Å². The molecule has 200 valence electrons. The number of carbonyl (C=O) groups excluding carboxylic acids is 1. The molecule has 3 aromatic carbocycles. The van der Waals surface area contributed by atoms with E-state index in [1.54, 1.807) is 0 Å². The Morgan fingerprint density at radius 2 is 1.77 bits per heavy atom. The van der Waals surface area contributed by atoms with E-state index < -0.39 is 0 Å². The molecule has 1 aromatic heterocycles. The van der Waals surface area contributed by atoms with Crippen molar-refractivity contribution in [3.8, 4) is 28.4 Å². The maximum absolute atomic E-state index is 13.1. The molecule has 9 nitrogen and oxygen atoms in total. The van der Waals surface area contributed by atoms with Crippen LogP contribution in [-0.2, 0) is 30.8 Å². The number of aromatic nitrogens is 2. The standard InChI is InChI=1S/C30H30N4O5/c1-20-26(32-39-31-20)17-33(2)15-25-13-22(23-8-10-28-29(14-23)38-19-37-28)7-9-27(25)36-18-30(35)34-12-11-21-5-3-4-6-24(21)16-34/h3-10,13-14H,11-12,15-19H2,1-2H3. The van der Waals surface area contributed by atoms with Gasteiger partial charge in [-0.2, -0.15) is 0 Å². The molecule has 9 heteroatoms. The quantitative estimate of drug-likeness (QED) is 0.334. The predicted molar refractivity (Wildman–Crippen MR) is 143 cm³/mol. The maximum atomic E-state index is 13.1. The van der Waals surface area contributed by atoms with Crippen molar-refractivity contribution in [2.45, 2.75) is 33.0 Å². The Labute approximate surface area is 226 Å². The van der Waals surface area contributed by atoms with Gasteiger partial charge in [0.05, 0.1) is 0 Å². The fraction of sp³-hybridized carbons (Fsp3) is 0.300. The molecule has 0 bridgehead atoms. The summed E-state index contributed by atoms with van der Waals surface area (Å²) in [6.45, 7) is 4.54. The van der Waals surface area contributed by atoms with E-state index in [0.717, 1.165) is 46.0 Å². The van der Waals surface area contributed by atoms with Gasteiger partial charge in [0.2, 0.25) is 6.79 Å². The zero-order chi connectivity index (χ0) is 26.8. The van der Waals surface area contributed by atoms with E-state index in [1.165, 1.54) is 11.1 Å². The summed E-state index contributed by atoms with van der Waals surface area (Å²) in [5, 5.41) is 7.89. The lowest BCUT2D eigenvalue weighted by Crippen LogP contribution is -2.38. The second-order valence-electron chi connectivity index (χ2n) is 9.98. The van der Waals surface area contributed by atoms with Gasteiger partial charge < -0.3 is 19.1 Å². The summed E-state index contributed by atoms with van der Waals surface area (Å²) in [6.07, 6.45) is 0.860. The Morgan fingerprint density at radius 1 is 0.974 bits per heavy atom. The van der Waals surface area contributed by atoms with Crippen LogP contribution in [-0.4, -0.2) is 53.0 Å². The Morgan fingerprint density at radius 3 is 2.62 bits per heavy atom. The van der Waals surface area contributed by atoms with Gasteiger partial charge in [0.25, 0.3) is 5.91 Å². The summed E-state index contributed by atoms with van der Waals surface area (Å²) >= 11 is 0. The highest BCUT2D eigenvalue weighted by atomic mass is 16.7. The Bertz CT molecular complexity index is 1500. The van der Waals surface area contributed by atoms with Crippen LogP contribution >= 0.6 is 0 Å². The van der Waals surface area contributed by atoms with Crippen molar-refractivity contribution in [1.82, 2.24) is 20.1 Å². The lowest BCUT2D eigenvalue weighted by Gasteiger charge is -2.29. The van der Waals surface area contributed by atoms with Crippen LogP contribution in [0.2, 0.25) is 0 Å². The highest BCUT2D eigenvalue weighted by Gasteiger charge is 2.22. The molecule has 1 amide bonds. The largest absolute Gasteiger partial charge is 0.483 e. The minimum atomic E-state index is -0.0204. The van der Waals surface area contributed by atoms with E-state index in [4.69, 9.17) is 18.8 Å². The molecule has 2 aliphatic rings. The topological polar surface area (TPSA) is 90.2 Å². The summed E-state index contributed by atoms with van der Waals surface area (Å²) in [7, 11) is 2.00. The van der Waals surface area contributed by atoms with E-state index in [0.29, 0.717) is 31.9 Å². The van der Waals surface area contributed by atoms with Crippen LogP contribution in [0, 0.1) is 6.92 Å². The highest BCUT2D eigenvalue weighted by molar-refractivity contribution is 5.78. The molecule has 0 spiro atoms. The van der Waals surface area contributed by atoms with E-state index in [-0.39, 0.29) is 19.3 Å². The van der Waals surface area contributed by atoms with Crippen molar-refractivity contribution in [2.75, 3.05) is 27.0 Å². The van der Waals surface area contributed by atoms with E-state index in [9.17, 15) is 4.79 Å². The number of nitrogens with zero attached hydrogens (tertiary/aromatic N) is 4. The van der Waals surface area contributed by atoms with Crippen molar-refractivity contribution in [1.29, 1.82) is 0 Å². The third-order valence-corrected chi connectivity index (χ3v) is 7.21. The third kappa shape index (κ3) is 5.44. The SMILES string of the molecule is Cc1nonc1CN(C)Cc1cc(-c2ccc3c(c2)OCO3)ccc1OCC(=O)N1CCc2ccccc2C1. The molecule has 0 unspecified atom stereocenters. The summed E-state index contributed by atoms with van der Waals surface area (Å²) in [4.78, 5) is 17.1. The predicted octanol–water partition coefficient (Wildman–Crippen LogP) is 4.37. The van der Waals surface area contributed by atoms with Gasteiger partial charge in [-0.25, -0.2) is 4.63 Å². The number of benzene rings is 3. The van der Waals surface area contributed by atoms with Gasteiger partial charge in [0, 0.05) is 31.7 Å². The number of hydrogen-bond donors (Lipinski definition) is 0. The molecule has 0 saturated heterocycles. The van der Waals surface area contributed by atoms with Crippen molar-refractivity contribution in [3.63, 3.8) is 0 Å². The zero-order valence-electron chi connectivity index (χ0n) is 22.1. The van der Waals surface area contributed by atoms with Gasteiger partial charge >= 0.3 is 0 Å². The first-order valence-corrected chi connectivity index (χ1v) is 13.0. The van der Waals surface area contributed by atoms with Crippen LogP contribution in [0.4, 0.5) is 0 Å². The third-order valence-electron chi connectivity index (χ3n) is 7.21. The van der Waals surface area contributed by atoms with Crippen LogP contribution in [0.15, 0.2) is 65.3 Å². The van der Waals surface area contributed by atoms with Crippen molar-refractivity contribution in [2.24, 2.45) is 0 Å². The Balaban J connectivity index is 1.21. The second kappa shape index (κ2) is 10.8. The first kappa shape index (κ1) is 24.9. The molecule has 0 saturated carbocycles. The highest BCUT2D eigenvalue weighted by Crippen LogP contribution is 2.37. The molecule has 0 atom stereocenters. The van der Waals surface area contributed by atoms with E-state index in [2.05, 4.69) is 33.4 Å². The van der Waals surface area contributed by atoms with E-state index in [1.807, 2.05) is 61.3 Å². The minimum absolute atomic E-state index is 0.0193. The fourth-order valence-corrected chi connectivity index (χ4v) is 5.03. The Kier molecular flexibility index (Phi) is 6.89. The molecule has 0 N–H and O–H groups in total. The summed E-state index contributed by atoms with van der Waals surface area (Å²) in [5.74, 6) is 2.13. The van der Waals surface area contributed by atoms with E-state index >= 15 is 0 Å². The van der Waals surface area contributed by atoms with Gasteiger partial charge in [-0.1, -0.05) is 46.7 Å². The van der Waals surface area contributed by atoms with Gasteiger partial charge in [-0.3, -0.25) is 9.69 Å². The normalized spacial score (nSPS) is 14.0. The number of fused-ring (bicyclic) bond motifs is 2. The first-order valence-electron chi connectivity index (χ1n) is 13.0. The van der Waals surface area contributed by atoms with Crippen molar-refractivity contribution >= 4 is 5.91 Å². The summed E-state index contributed by atoms with van der Waals surface area (Å²) in [6, 6.07) is 20.2. The van der Waals surface area contributed by atoms with Gasteiger partial charge in [0.15, 0.2) is 18.1 Å². The second-order valence-corrected chi connectivity index (χ2v) is 9.98. The average molecular weight is 527 g/mol. The molecule has 39 heavy (non-hydrogen) atoms. The number of aryl methyl sites for hydroxylation is 1. The number of ether oxygens (including phenoxy) is 3. The lowest BCUT2D eigenvalue weighted by molar-refractivity contribution is -0.134. The monoisotopic (exact) mass is 526 g/mol. The lowest BCUT2D eigenvalue weighted by atomic mass is 10.00. The molecule has 4 aromatic rings. The fourth-order valence-electron chi connectivity index (χ4n) is 5.03. The smallest absolute Gasteiger partial charge is 0.260 e. The number of hydrogen-bond acceptors (Lipinski definition) is 8. The average Bonchev–Trinajstić information content (AvgIpc) is 3.60. The molecule has 2 aliphatic heterocycles. The molecule has 0 aliphatic carbocycles. The molecule has 6 rings (SSSR count). The van der Waals surface area contributed by atoms with Crippen molar-refractivity contribution < 1.29 is 23.6 Å². The number of amides is 1. The van der Waals surface area contributed by atoms with Crippen LogP contribution < -0.4 is 14.2 Å². The van der Waals surface area contributed by atoms with Crippen molar-refractivity contribution in [3.05, 3.63) is 88.7 Å². The molecular formula is C30H30N4O5. The molecule has 3 heterocycles. The van der Waals surface area contributed by atoms with Gasteiger partial charge in [0.1, 0.15) is 17.1 Å². The van der Waals surface area contributed by atoms with Crippen LogP contribution in [0.3, 0.4) is 0 Å². The number of rotatable bonds is 8. The van der Waals surface area contributed by atoms with Crippen LogP contribution in [0.1, 0.15) is 28.1 Å². The number of carbonyl (C=O) groups is 1. The summed E-state index contributed by atoms with van der Waals surface area (Å²) < 4.78 is 22.1. The van der Waals surface area contributed by atoms with Crippen LogP contribution in [0.25, 0.3) is 11.1 Å². The summed E-state index contributed by atoms with van der Waals surface area (Å²) in [5.41, 5.74) is 7.04. The first-order chi connectivity index (χ1) is 19.0. The zero-order valence-corrected chi connectivity index (χ0v) is 22.1. The maximum Gasteiger partial charge on any atom is 0.260 e. The Hall–Kier alpha value is -4.37. The minimum Gasteiger partial charge on any atom is -0.483 e.